The third-order valence-electron chi connectivity index (χ3n) is 6.34. The molecule has 0 saturated heterocycles. The second-order valence-corrected chi connectivity index (χ2v) is 12.3. The Kier molecular flexibility index (Phi) is 5.61. The summed E-state index contributed by atoms with van der Waals surface area (Å²) >= 11 is 1.30. The number of nitrogens with zero attached hydrogens (tertiary/aromatic N) is 6. The zero-order valence-corrected chi connectivity index (χ0v) is 21.5. The predicted octanol–water partition coefficient (Wildman–Crippen LogP) is 1.55. The van der Waals surface area contributed by atoms with Gasteiger partial charge in [-0.25, -0.2) is 17.9 Å². The maximum absolute atomic E-state index is 13.6. The number of amides is 3. The molecule has 35 heavy (non-hydrogen) atoms. The highest BCUT2D eigenvalue weighted by molar-refractivity contribution is 7.93. The van der Waals surface area contributed by atoms with Crippen molar-refractivity contribution < 1.29 is 22.6 Å². The van der Waals surface area contributed by atoms with E-state index in [0.29, 0.717) is 10.7 Å². The number of aryl methyl sites for hydroxylation is 3. The van der Waals surface area contributed by atoms with E-state index in [-0.39, 0.29) is 18.0 Å². The number of carbonyl (C=O) groups is 2. The van der Waals surface area contributed by atoms with Gasteiger partial charge in [-0.2, -0.15) is 19.4 Å². The molecule has 2 aromatic heterocycles. The zero-order valence-electron chi connectivity index (χ0n) is 19.8. The van der Waals surface area contributed by atoms with E-state index in [2.05, 4.69) is 20.0 Å². The average molecular weight is 517 g/mol. The highest BCUT2D eigenvalue weighted by Crippen LogP contribution is 2.36. The van der Waals surface area contributed by atoms with Crippen molar-refractivity contribution in [2.75, 3.05) is 0 Å². The highest BCUT2D eigenvalue weighted by Gasteiger charge is 2.49. The summed E-state index contributed by atoms with van der Waals surface area (Å²) in [6.07, 6.45) is 5.97. The summed E-state index contributed by atoms with van der Waals surface area (Å²) in [7, 11) is -2.03. The van der Waals surface area contributed by atoms with Crippen LogP contribution in [0.15, 0.2) is 29.2 Å². The quantitative estimate of drug-likeness (QED) is 0.553. The molecular formula is C22H26N7O4S2+. The Morgan fingerprint density at radius 3 is 2.57 bits per heavy atom. The van der Waals surface area contributed by atoms with Gasteiger partial charge in [-0.1, -0.05) is 11.3 Å². The molecule has 13 heteroatoms. The van der Waals surface area contributed by atoms with Crippen LogP contribution in [0.2, 0.25) is 0 Å². The van der Waals surface area contributed by atoms with Crippen LogP contribution in [0, 0.1) is 19.8 Å². The molecule has 5 rings (SSSR count). The first-order valence-electron chi connectivity index (χ1n) is 11.2. The summed E-state index contributed by atoms with van der Waals surface area (Å²) in [5.41, 5.74) is 1.56. The standard InChI is InChI=1S/C22H26N7O4S2/c1-13-9-15(27(4)25-13)11-28-18-6-5-16(35(32,33)26-22(3)7-8-22)10-17(18)20(30)29(21(28)31)12-19-24-23-14(2)34-19/h5-6,9-10,17,26H,7-8,11-12H2,1-4H3/q+1. The molecule has 0 radical (unpaired) electrons. The molecule has 3 aliphatic rings. The lowest BCUT2D eigenvalue weighted by Gasteiger charge is -2.27. The molecule has 1 fully saturated rings. The molecule has 0 bridgehead atoms. The third-order valence-corrected chi connectivity index (χ3v) is 8.82. The number of aromatic nitrogens is 4. The minimum absolute atomic E-state index is 0.0186. The van der Waals surface area contributed by atoms with E-state index >= 15 is 0 Å². The Labute approximate surface area is 206 Å². The van der Waals surface area contributed by atoms with Crippen molar-refractivity contribution in [2.45, 2.75) is 52.2 Å². The predicted molar refractivity (Wildman–Crippen MR) is 128 cm³/mol. The van der Waals surface area contributed by atoms with Crippen molar-refractivity contribution in [1.29, 1.82) is 0 Å². The number of hydrogen-bond donors (Lipinski definition) is 1. The van der Waals surface area contributed by atoms with Gasteiger partial charge < -0.3 is 0 Å². The second kappa shape index (κ2) is 8.28. The molecule has 2 aliphatic carbocycles. The Morgan fingerprint density at radius 2 is 1.97 bits per heavy atom. The van der Waals surface area contributed by atoms with Gasteiger partial charge in [0.2, 0.25) is 10.0 Å². The van der Waals surface area contributed by atoms with Gasteiger partial charge in [-0.05, 0) is 57.9 Å². The molecule has 1 N–H and O–H groups in total. The first kappa shape index (κ1) is 23.7. The number of allylic oxidation sites excluding steroid dienone is 2. The summed E-state index contributed by atoms with van der Waals surface area (Å²) in [6.45, 7) is 5.65. The molecule has 1 unspecified atom stereocenters. The smallest absolute Gasteiger partial charge is 0.268 e. The monoisotopic (exact) mass is 516 g/mol. The van der Waals surface area contributed by atoms with Crippen LogP contribution in [0.1, 0.15) is 41.2 Å². The first-order chi connectivity index (χ1) is 16.5. The van der Waals surface area contributed by atoms with Gasteiger partial charge in [-0.3, -0.25) is 4.68 Å². The lowest BCUT2D eigenvalue weighted by molar-refractivity contribution is -0.457. The SMILES string of the molecule is Cc1cc(C[N+]2=C3C=CC(S(=O)(=O)NC4(C)CC4)=CC3C(=O)N(Cc3nnc(C)s3)C2=O)n(C)n1. The van der Waals surface area contributed by atoms with Gasteiger partial charge in [0, 0.05) is 12.6 Å². The molecule has 1 aliphatic heterocycles. The van der Waals surface area contributed by atoms with Crippen molar-refractivity contribution >= 4 is 39.0 Å². The Bertz CT molecular complexity index is 1440. The molecule has 2 aromatic rings. The van der Waals surface area contributed by atoms with Gasteiger partial charge in [0.25, 0.3) is 0 Å². The number of sulfonamides is 1. The van der Waals surface area contributed by atoms with Gasteiger partial charge in [0.05, 0.1) is 16.3 Å². The molecule has 3 amide bonds. The topological polar surface area (TPSA) is 130 Å². The van der Waals surface area contributed by atoms with Gasteiger partial charge in [0.1, 0.15) is 23.2 Å². The van der Waals surface area contributed by atoms with Crippen molar-refractivity contribution in [1.82, 2.24) is 29.6 Å². The van der Waals surface area contributed by atoms with Crippen LogP contribution in [0.4, 0.5) is 4.79 Å². The highest BCUT2D eigenvalue weighted by atomic mass is 32.2. The molecule has 3 heterocycles. The first-order valence-corrected chi connectivity index (χ1v) is 13.5. The van der Waals surface area contributed by atoms with Crippen molar-refractivity contribution in [3.63, 3.8) is 0 Å². The van der Waals surface area contributed by atoms with Gasteiger partial charge in [-0.15, -0.1) is 10.2 Å². The normalized spacial score (nSPS) is 21.4. The summed E-state index contributed by atoms with van der Waals surface area (Å²) < 4.78 is 31.9. The second-order valence-electron chi connectivity index (χ2n) is 9.38. The fourth-order valence-corrected chi connectivity index (χ4v) is 6.45. The Morgan fingerprint density at radius 1 is 1.23 bits per heavy atom. The van der Waals surface area contributed by atoms with Crippen molar-refractivity contribution in [3.8, 4) is 0 Å². The van der Waals surface area contributed by atoms with Crippen molar-refractivity contribution in [3.05, 3.63) is 50.6 Å². The van der Waals surface area contributed by atoms with Crippen LogP contribution in [-0.2, 0) is 35.0 Å². The molecule has 0 spiro atoms. The van der Waals surface area contributed by atoms with Crippen LogP contribution >= 0.6 is 11.3 Å². The van der Waals surface area contributed by atoms with Crippen LogP contribution < -0.4 is 4.72 Å². The number of hydrogen-bond acceptors (Lipinski definition) is 8. The molecular weight excluding hydrogens is 490 g/mol. The molecule has 11 nitrogen and oxygen atoms in total. The average Bonchev–Trinajstić information content (AvgIpc) is 3.20. The van der Waals surface area contributed by atoms with Crippen LogP contribution in [0.5, 0.6) is 0 Å². The summed E-state index contributed by atoms with van der Waals surface area (Å²) in [5.74, 6) is -1.43. The summed E-state index contributed by atoms with van der Waals surface area (Å²) in [6, 6.07) is 1.37. The van der Waals surface area contributed by atoms with Gasteiger partial charge >= 0.3 is 11.9 Å². The van der Waals surface area contributed by atoms with Gasteiger partial charge in [0.15, 0.2) is 11.6 Å². The van der Waals surface area contributed by atoms with Crippen LogP contribution in [-0.4, -0.2) is 61.1 Å². The minimum atomic E-state index is -3.82. The number of carbonyl (C=O) groups excluding carboxylic acids is 2. The van der Waals surface area contributed by atoms with E-state index in [9.17, 15) is 18.0 Å². The van der Waals surface area contributed by atoms with E-state index < -0.39 is 33.4 Å². The molecule has 0 aromatic carbocycles. The van der Waals surface area contributed by atoms with E-state index in [1.807, 2.05) is 19.9 Å². The maximum atomic E-state index is 13.6. The minimum Gasteiger partial charge on any atom is -0.268 e. The van der Waals surface area contributed by atoms with Crippen molar-refractivity contribution in [2.24, 2.45) is 13.0 Å². The lowest BCUT2D eigenvalue weighted by Crippen LogP contribution is -2.54. The van der Waals surface area contributed by atoms with E-state index in [4.69, 9.17) is 0 Å². The third kappa shape index (κ3) is 4.50. The number of nitrogens with one attached hydrogen (secondary N) is 1. The largest absolute Gasteiger partial charge is 0.501 e. The number of imide groups is 1. The maximum Gasteiger partial charge on any atom is 0.501 e. The van der Waals surface area contributed by atoms with Crippen LogP contribution in [0.25, 0.3) is 0 Å². The fourth-order valence-electron chi connectivity index (χ4n) is 4.22. The molecule has 1 atom stereocenters. The number of urea groups is 1. The number of rotatable bonds is 7. The lowest BCUT2D eigenvalue weighted by atomic mass is 9.94. The zero-order chi connectivity index (χ0) is 25.1. The van der Waals surface area contributed by atoms with E-state index in [0.717, 1.165) is 34.1 Å². The van der Waals surface area contributed by atoms with E-state index in [1.54, 1.807) is 24.7 Å². The Hall–Kier alpha value is -3.03. The number of fused-ring (bicyclic) bond motifs is 1. The molecule has 1 saturated carbocycles. The Balaban J connectivity index is 1.56. The fraction of sp³-hybridized carbons (Fsp3) is 0.455. The molecule has 184 valence electrons. The van der Waals surface area contributed by atoms with E-state index in [1.165, 1.54) is 28.1 Å². The summed E-state index contributed by atoms with van der Waals surface area (Å²) in [5, 5.41) is 13.6. The van der Waals surface area contributed by atoms with Crippen LogP contribution in [0.3, 0.4) is 0 Å². The summed E-state index contributed by atoms with van der Waals surface area (Å²) in [4.78, 5) is 28.2.